The Hall–Kier alpha value is -2.89. The van der Waals surface area contributed by atoms with Crippen LogP contribution in [-0.4, -0.2) is 37.2 Å². The molecule has 0 saturated heterocycles. The van der Waals surface area contributed by atoms with Gasteiger partial charge >= 0.3 is 17.9 Å². The van der Waals surface area contributed by atoms with E-state index < -0.39 is 6.10 Å². The van der Waals surface area contributed by atoms with Crippen LogP contribution in [0.15, 0.2) is 60.8 Å². The molecule has 0 aromatic rings. The van der Waals surface area contributed by atoms with Crippen molar-refractivity contribution in [3.8, 4) is 0 Å². The van der Waals surface area contributed by atoms with Crippen LogP contribution in [0.2, 0.25) is 0 Å². The molecule has 0 radical (unpaired) electrons. The Morgan fingerprint density at radius 2 is 0.606 bits per heavy atom. The van der Waals surface area contributed by atoms with Crippen molar-refractivity contribution in [3.05, 3.63) is 60.8 Å². The molecule has 0 amide bonds. The van der Waals surface area contributed by atoms with Gasteiger partial charge in [-0.1, -0.05) is 236 Å². The summed E-state index contributed by atoms with van der Waals surface area (Å²) in [5, 5.41) is 0. The van der Waals surface area contributed by atoms with E-state index in [-0.39, 0.29) is 31.1 Å². The first-order chi connectivity index (χ1) is 32.5. The van der Waals surface area contributed by atoms with Gasteiger partial charge in [-0.05, 0) is 89.9 Å². The van der Waals surface area contributed by atoms with Gasteiger partial charge in [0.05, 0.1) is 0 Å². The highest BCUT2D eigenvalue weighted by atomic mass is 16.6. The van der Waals surface area contributed by atoms with Crippen LogP contribution in [0.4, 0.5) is 0 Å². The summed E-state index contributed by atoms with van der Waals surface area (Å²) < 4.78 is 16.8. The van der Waals surface area contributed by atoms with Crippen molar-refractivity contribution >= 4 is 17.9 Å². The lowest BCUT2D eigenvalue weighted by molar-refractivity contribution is -0.167. The minimum atomic E-state index is -0.788. The maximum atomic E-state index is 12.8. The summed E-state index contributed by atoms with van der Waals surface area (Å²) in [5.74, 6) is -0.910. The molecule has 0 aromatic carbocycles. The van der Waals surface area contributed by atoms with Crippen LogP contribution in [-0.2, 0) is 28.6 Å². The van der Waals surface area contributed by atoms with E-state index in [2.05, 4.69) is 81.5 Å². The van der Waals surface area contributed by atoms with Gasteiger partial charge in [0.25, 0.3) is 0 Å². The number of rotatable bonds is 51. The largest absolute Gasteiger partial charge is 0.462 e. The Balaban J connectivity index is 4.39. The smallest absolute Gasteiger partial charge is 0.306 e. The molecule has 1 unspecified atom stereocenters. The Morgan fingerprint density at radius 1 is 0.318 bits per heavy atom. The van der Waals surface area contributed by atoms with Crippen LogP contribution in [0.5, 0.6) is 0 Å². The Morgan fingerprint density at radius 3 is 0.955 bits per heavy atom. The van der Waals surface area contributed by atoms with Crippen LogP contribution >= 0.6 is 0 Å². The molecule has 6 heteroatoms. The maximum absolute atomic E-state index is 12.8. The van der Waals surface area contributed by atoms with Crippen molar-refractivity contribution < 1.29 is 28.6 Å². The summed E-state index contributed by atoms with van der Waals surface area (Å²) in [6, 6.07) is 0. The number of carbonyl (C=O) groups is 3. The number of hydrogen-bond donors (Lipinski definition) is 0. The van der Waals surface area contributed by atoms with E-state index in [1.165, 1.54) is 154 Å². The molecule has 6 nitrogen and oxygen atoms in total. The topological polar surface area (TPSA) is 78.9 Å². The number of carbonyl (C=O) groups excluding carboxylic acids is 3. The summed E-state index contributed by atoms with van der Waals surface area (Å²) in [6.45, 7) is 6.50. The van der Waals surface area contributed by atoms with Crippen LogP contribution < -0.4 is 0 Å². The van der Waals surface area contributed by atoms with Crippen molar-refractivity contribution in [3.63, 3.8) is 0 Å². The third-order valence-corrected chi connectivity index (χ3v) is 12.3. The molecule has 0 heterocycles. The number of esters is 3. The summed E-state index contributed by atoms with van der Waals surface area (Å²) in [5.41, 5.74) is 0. The van der Waals surface area contributed by atoms with Crippen LogP contribution in [0.25, 0.3) is 0 Å². The van der Waals surface area contributed by atoms with E-state index in [0.717, 1.165) is 89.9 Å². The Kier molecular flexibility index (Phi) is 52.3. The second kappa shape index (κ2) is 54.7. The molecular formula is C60H106O6. The van der Waals surface area contributed by atoms with Gasteiger partial charge in [-0.3, -0.25) is 14.4 Å². The molecule has 0 aliphatic rings. The van der Waals surface area contributed by atoms with Gasteiger partial charge < -0.3 is 14.2 Å². The van der Waals surface area contributed by atoms with Crippen molar-refractivity contribution in [2.24, 2.45) is 0 Å². The first-order valence-corrected chi connectivity index (χ1v) is 28.3. The first-order valence-electron chi connectivity index (χ1n) is 28.3. The fourth-order valence-corrected chi connectivity index (χ4v) is 8.02. The van der Waals surface area contributed by atoms with Gasteiger partial charge in [0.2, 0.25) is 0 Å². The highest BCUT2D eigenvalue weighted by Gasteiger charge is 2.19. The normalized spacial score (nSPS) is 12.5. The standard InChI is InChI=1S/C60H106O6/c1-4-7-10-13-16-19-22-25-27-29-31-32-35-38-41-44-47-50-53-59(62)65-56-57(55-64-58(61)52-49-46-43-40-37-34-24-21-18-15-12-9-6-3)66-60(63)54-51-48-45-42-39-36-33-30-28-26-23-20-17-14-11-8-5-2/h9,12,15,18,21,24,26,28,31-32,57H,4-8,10-11,13-14,16-17,19-20,22-23,25,27,29-30,33-56H2,1-3H3/b12-9-,18-15-,24-21-,28-26-,32-31-. The second-order valence-corrected chi connectivity index (χ2v) is 18.9. The van der Waals surface area contributed by atoms with Gasteiger partial charge in [-0.25, -0.2) is 0 Å². The second-order valence-electron chi connectivity index (χ2n) is 18.9. The summed E-state index contributed by atoms with van der Waals surface area (Å²) >= 11 is 0. The summed E-state index contributed by atoms with van der Waals surface area (Å²) in [7, 11) is 0. The molecule has 1 atom stereocenters. The lowest BCUT2D eigenvalue weighted by atomic mass is 10.1. The van der Waals surface area contributed by atoms with E-state index in [1.807, 2.05) is 0 Å². The quantitative estimate of drug-likeness (QED) is 0.0199. The minimum absolute atomic E-state index is 0.0862. The van der Waals surface area contributed by atoms with Crippen LogP contribution in [0, 0.1) is 0 Å². The molecule has 0 aliphatic carbocycles. The maximum Gasteiger partial charge on any atom is 0.306 e. The van der Waals surface area contributed by atoms with Crippen molar-refractivity contribution in [2.75, 3.05) is 13.2 Å². The molecule has 0 spiro atoms. The molecule has 66 heavy (non-hydrogen) atoms. The molecule has 0 N–H and O–H groups in total. The highest BCUT2D eigenvalue weighted by molar-refractivity contribution is 5.71. The number of allylic oxidation sites excluding steroid dienone is 10. The number of unbranched alkanes of at least 4 members (excludes halogenated alkanes) is 32. The summed E-state index contributed by atoms with van der Waals surface area (Å²) in [6.07, 6.45) is 67.8. The molecule has 0 rings (SSSR count). The third kappa shape index (κ3) is 52.1. The lowest BCUT2D eigenvalue weighted by Gasteiger charge is -2.18. The summed E-state index contributed by atoms with van der Waals surface area (Å²) in [4.78, 5) is 38.1. The fraction of sp³-hybridized carbons (Fsp3) is 0.783. The predicted octanol–water partition coefficient (Wildman–Crippen LogP) is 18.8. The van der Waals surface area contributed by atoms with Crippen LogP contribution in [0.3, 0.4) is 0 Å². The molecule has 0 fully saturated rings. The number of ether oxygens (including phenoxy) is 3. The lowest BCUT2D eigenvalue weighted by Crippen LogP contribution is -2.30. The van der Waals surface area contributed by atoms with E-state index in [0.29, 0.717) is 19.3 Å². The van der Waals surface area contributed by atoms with Gasteiger partial charge in [0, 0.05) is 19.3 Å². The van der Waals surface area contributed by atoms with Gasteiger partial charge in [0.1, 0.15) is 13.2 Å². The highest BCUT2D eigenvalue weighted by Crippen LogP contribution is 2.15. The van der Waals surface area contributed by atoms with E-state index >= 15 is 0 Å². The minimum Gasteiger partial charge on any atom is -0.462 e. The first kappa shape index (κ1) is 63.1. The van der Waals surface area contributed by atoms with E-state index in [1.54, 1.807) is 0 Å². The van der Waals surface area contributed by atoms with Crippen LogP contribution in [0.1, 0.15) is 284 Å². The van der Waals surface area contributed by atoms with E-state index in [4.69, 9.17) is 14.2 Å². The van der Waals surface area contributed by atoms with Crippen molar-refractivity contribution in [2.45, 2.75) is 290 Å². The monoisotopic (exact) mass is 923 g/mol. The fourth-order valence-electron chi connectivity index (χ4n) is 8.02. The average Bonchev–Trinajstić information content (AvgIpc) is 3.31. The predicted molar refractivity (Wildman–Crippen MR) is 284 cm³/mol. The van der Waals surface area contributed by atoms with Gasteiger partial charge in [-0.2, -0.15) is 0 Å². The van der Waals surface area contributed by atoms with Gasteiger partial charge in [-0.15, -0.1) is 0 Å². The van der Waals surface area contributed by atoms with Crippen molar-refractivity contribution in [1.82, 2.24) is 0 Å². The SMILES string of the molecule is CC\C=C/C=C\C=C/CCCCCCCC(=O)OCC(COC(=O)CCCCCCC/C=C\CCCCCCCCCCC)OC(=O)CCCCCCCCC/C=C\CCCCCCCC. The Bertz CT molecular complexity index is 1200. The van der Waals surface area contributed by atoms with Crippen molar-refractivity contribution in [1.29, 1.82) is 0 Å². The zero-order chi connectivity index (χ0) is 47.9. The molecule has 0 aromatic heterocycles. The Labute approximate surface area is 409 Å². The van der Waals surface area contributed by atoms with Gasteiger partial charge in [0.15, 0.2) is 6.10 Å². The molecule has 382 valence electrons. The molecular weight excluding hydrogens is 817 g/mol. The molecule has 0 aliphatic heterocycles. The van der Waals surface area contributed by atoms with E-state index in [9.17, 15) is 14.4 Å². The average molecular weight is 924 g/mol. The molecule has 0 saturated carbocycles. The number of hydrogen-bond acceptors (Lipinski definition) is 6. The molecule has 0 bridgehead atoms. The third-order valence-electron chi connectivity index (χ3n) is 12.3. The zero-order valence-electron chi connectivity index (χ0n) is 43.7. The zero-order valence-corrected chi connectivity index (χ0v) is 43.7.